The molecule has 1 heterocycles. The second kappa shape index (κ2) is 7.78. The predicted molar refractivity (Wildman–Crippen MR) is 109 cm³/mol. The maximum atomic E-state index is 13.3. The Balaban J connectivity index is 2.05. The van der Waals surface area contributed by atoms with Crippen LogP contribution in [-0.4, -0.2) is 26.2 Å². The predicted octanol–water partition coefficient (Wildman–Crippen LogP) is 5.09. The van der Waals surface area contributed by atoms with Gasteiger partial charge in [-0.3, -0.25) is 0 Å². The number of benzene rings is 2. The minimum Gasteiger partial charge on any atom is -0.361 e. The summed E-state index contributed by atoms with van der Waals surface area (Å²) in [5.41, 5.74) is 2.43. The largest absolute Gasteiger partial charge is 0.361 e. The van der Waals surface area contributed by atoms with Gasteiger partial charge in [0.25, 0.3) is 0 Å². The number of anilines is 1. The minimum absolute atomic E-state index is 0.275. The van der Waals surface area contributed by atoms with E-state index in [1.54, 1.807) is 36.4 Å². The van der Waals surface area contributed by atoms with E-state index < -0.39 is 9.84 Å². The van der Waals surface area contributed by atoms with Crippen LogP contribution in [0.1, 0.15) is 13.8 Å². The van der Waals surface area contributed by atoms with Crippen molar-refractivity contribution in [3.8, 4) is 21.7 Å². The Bertz CT molecular complexity index is 1020. The number of thiazole rings is 1. The van der Waals surface area contributed by atoms with Crippen molar-refractivity contribution in [2.24, 2.45) is 5.92 Å². The van der Waals surface area contributed by atoms with Crippen LogP contribution in [0, 0.1) is 11.7 Å². The number of aromatic nitrogens is 1. The summed E-state index contributed by atoms with van der Waals surface area (Å²) in [6, 6.07) is 13.0. The van der Waals surface area contributed by atoms with Crippen molar-refractivity contribution in [1.82, 2.24) is 4.98 Å². The Labute approximate surface area is 163 Å². The van der Waals surface area contributed by atoms with Gasteiger partial charge in [-0.05, 0) is 47.9 Å². The molecule has 4 nitrogen and oxygen atoms in total. The molecular weight excluding hydrogens is 383 g/mol. The van der Waals surface area contributed by atoms with Crippen LogP contribution in [0.4, 0.5) is 9.52 Å². The zero-order valence-electron chi connectivity index (χ0n) is 15.4. The lowest BCUT2D eigenvalue weighted by Gasteiger charge is -2.04. The van der Waals surface area contributed by atoms with E-state index in [0.717, 1.165) is 33.4 Å². The lowest BCUT2D eigenvalue weighted by molar-refractivity contribution is 0.602. The molecule has 2 aromatic carbocycles. The van der Waals surface area contributed by atoms with E-state index >= 15 is 0 Å². The molecule has 0 atom stereocenters. The monoisotopic (exact) mass is 404 g/mol. The molecule has 3 aromatic rings. The smallest absolute Gasteiger partial charge is 0.183 e. The van der Waals surface area contributed by atoms with Crippen molar-refractivity contribution in [1.29, 1.82) is 0 Å². The van der Waals surface area contributed by atoms with Gasteiger partial charge in [-0.1, -0.05) is 37.3 Å². The SMILES string of the molecule is CC(C)CNc1nc(-c2ccc(F)cc2)c(-c2ccc(S(C)(=O)=O)cc2)s1. The van der Waals surface area contributed by atoms with Gasteiger partial charge >= 0.3 is 0 Å². The molecule has 27 heavy (non-hydrogen) atoms. The number of rotatable bonds is 6. The van der Waals surface area contributed by atoms with Crippen LogP contribution in [0.25, 0.3) is 21.7 Å². The van der Waals surface area contributed by atoms with Crippen LogP contribution in [0.3, 0.4) is 0 Å². The molecule has 0 fully saturated rings. The molecule has 0 aliphatic rings. The van der Waals surface area contributed by atoms with Gasteiger partial charge in [0.15, 0.2) is 15.0 Å². The van der Waals surface area contributed by atoms with Crippen LogP contribution in [0.2, 0.25) is 0 Å². The van der Waals surface area contributed by atoms with Crippen molar-refractivity contribution in [3.05, 3.63) is 54.3 Å². The molecule has 3 rings (SSSR count). The summed E-state index contributed by atoms with van der Waals surface area (Å²) in [5.74, 6) is 0.173. The van der Waals surface area contributed by atoms with Crippen LogP contribution in [0.15, 0.2) is 53.4 Å². The Hall–Kier alpha value is -2.25. The number of sulfone groups is 1. The van der Waals surface area contributed by atoms with Crippen LogP contribution in [0.5, 0.6) is 0 Å². The van der Waals surface area contributed by atoms with Gasteiger partial charge in [0, 0.05) is 18.4 Å². The van der Waals surface area contributed by atoms with E-state index in [-0.39, 0.29) is 10.7 Å². The number of nitrogens with zero attached hydrogens (tertiary/aromatic N) is 1. The zero-order valence-corrected chi connectivity index (χ0v) is 17.0. The van der Waals surface area contributed by atoms with E-state index in [4.69, 9.17) is 4.98 Å². The first-order chi connectivity index (χ1) is 12.7. The topological polar surface area (TPSA) is 59.1 Å². The first kappa shape index (κ1) is 19.5. The standard InChI is InChI=1S/C20H21FN2O2S2/c1-13(2)12-22-20-23-18(14-4-8-16(21)9-5-14)19(26-20)15-6-10-17(11-7-15)27(3,24)25/h4-11,13H,12H2,1-3H3,(H,22,23). The van der Waals surface area contributed by atoms with Gasteiger partial charge in [0.05, 0.1) is 15.5 Å². The van der Waals surface area contributed by atoms with Gasteiger partial charge in [-0.25, -0.2) is 17.8 Å². The summed E-state index contributed by atoms with van der Waals surface area (Å²) in [7, 11) is -3.25. The highest BCUT2D eigenvalue weighted by molar-refractivity contribution is 7.90. The van der Waals surface area contributed by atoms with Crippen LogP contribution in [-0.2, 0) is 9.84 Å². The summed E-state index contributed by atoms with van der Waals surface area (Å²) in [6.45, 7) is 5.03. The van der Waals surface area contributed by atoms with E-state index in [1.165, 1.54) is 29.7 Å². The molecule has 0 saturated heterocycles. The summed E-state index contributed by atoms with van der Waals surface area (Å²) < 4.78 is 36.7. The molecule has 0 radical (unpaired) electrons. The van der Waals surface area contributed by atoms with Gasteiger partial charge in [-0.15, -0.1) is 0 Å². The van der Waals surface area contributed by atoms with Gasteiger partial charge in [-0.2, -0.15) is 0 Å². The Kier molecular flexibility index (Phi) is 5.62. The molecule has 1 aromatic heterocycles. The number of hydrogen-bond acceptors (Lipinski definition) is 5. The molecular formula is C20H21FN2O2S2. The third kappa shape index (κ3) is 4.73. The lowest BCUT2D eigenvalue weighted by Crippen LogP contribution is -2.07. The van der Waals surface area contributed by atoms with E-state index in [2.05, 4.69) is 19.2 Å². The Morgan fingerprint density at radius 1 is 1.04 bits per heavy atom. The first-order valence-electron chi connectivity index (χ1n) is 8.55. The summed E-state index contributed by atoms with van der Waals surface area (Å²) >= 11 is 1.50. The van der Waals surface area contributed by atoms with E-state index in [0.29, 0.717) is 5.92 Å². The number of nitrogens with one attached hydrogen (secondary N) is 1. The lowest BCUT2D eigenvalue weighted by atomic mass is 10.1. The van der Waals surface area contributed by atoms with Gasteiger partial charge in [0.1, 0.15) is 5.82 Å². The zero-order chi connectivity index (χ0) is 19.6. The van der Waals surface area contributed by atoms with Crippen molar-refractivity contribution in [2.45, 2.75) is 18.7 Å². The number of halogens is 1. The normalized spacial score (nSPS) is 11.7. The minimum atomic E-state index is -3.25. The highest BCUT2D eigenvalue weighted by atomic mass is 32.2. The maximum Gasteiger partial charge on any atom is 0.183 e. The van der Waals surface area contributed by atoms with Gasteiger partial charge in [0.2, 0.25) is 0 Å². The third-order valence-electron chi connectivity index (χ3n) is 3.95. The fourth-order valence-electron chi connectivity index (χ4n) is 2.54. The average Bonchev–Trinajstić information content (AvgIpc) is 3.04. The second-order valence-corrected chi connectivity index (χ2v) is 9.79. The summed E-state index contributed by atoms with van der Waals surface area (Å²) in [6.07, 6.45) is 1.19. The molecule has 0 amide bonds. The second-order valence-electron chi connectivity index (χ2n) is 6.77. The highest BCUT2D eigenvalue weighted by Crippen LogP contribution is 2.39. The molecule has 0 bridgehead atoms. The number of hydrogen-bond donors (Lipinski definition) is 1. The average molecular weight is 405 g/mol. The molecule has 7 heteroatoms. The Morgan fingerprint density at radius 2 is 1.63 bits per heavy atom. The van der Waals surface area contributed by atoms with Crippen molar-refractivity contribution >= 4 is 26.3 Å². The van der Waals surface area contributed by atoms with Gasteiger partial charge < -0.3 is 5.32 Å². The fourth-order valence-corrected chi connectivity index (χ4v) is 4.17. The molecule has 0 spiro atoms. The molecule has 0 aliphatic heterocycles. The van der Waals surface area contributed by atoms with Crippen LogP contribution < -0.4 is 5.32 Å². The van der Waals surface area contributed by atoms with Crippen molar-refractivity contribution in [2.75, 3.05) is 18.1 Å². The summed E-state index contributed by atoms with van der Waals surface area (Å²) in [5, 5.41) is 4.11. The van der Waals surface area contributed by atoms with Crippen molar-refractivity contribution < 1.29 is 12.8 Å². The molecule has 0 aliphatic carbocycles. The highest BCUT2D eigenvalue weighted by Gasteiger charge is 2.16. The van der Waals surface area contributed by atoms with E-state index in [1.807, 2.05) is 0 Å². The quantitative estimate of drug-likeness (QED) is 0.622. The molecule has 1 N–H and O–H groups in total. The third-order valence-corrected chi connectivity index (χ3v) is 6.14. The fraction of sp³-hybridized carbons (Fsp3) is 0.250. The molecule has 0 unspecified atom stereocenters. The van der Waals surface area contributed by atoms with E-state index in [9.17, 15) is 12.8 Å². The van der Waals surface area contributed by atoms with Crippen molar-refractivity contribution in [3.63, 3.8) is 0 Å². The molecule has 142 valence electrons. The maximum absolute atomic E-state index is 13.3. The Morgan fingerprint density at radius 3 is 2.19 bits per heavy atom. The molecule has 0 saturated carbocycles. The van der Waals surface area contributed by atoms with Crippen LogP contribution >= 0.6 is 11.3 Å². The summed E-state index contributed by atoms with van der Waals surface area (Å²) in [4.78, 5) is 5.88. The first-order valence-corrected chi connectivity index (χ1v) is 11.3.